The maximum atomic E-state index is 14.3. The van der Waals surface area contributed by atoms with Gasteiger partial charge in [0, 0.05) is 32.7 Å². The van der Waals surface area contributed by atoms with Crippen LogP contribution in [0.25, 0.3) is 44.3 Å². The topological polar surface area (TPSA) is 52.1 Å². The van der Waals surface area contributed by atoms with Crippen molar-refractivity contribution in [2.24, 2.45) is 5.92 Å². The number of carbonyl (C=O) groups excluding carboxylic acids is 1. The Labute approximate surface area is 327 Å². The number of rotatable bonds is 9. The molecule has 2 aliphatic carbocycles. The van der Waals surface area contributed by atoms with Crippen LogP contribution < -0.4 is 4.74 Å². The molecule has 4 nitrogen and oxygen atoms in total. The molecule has 0 spiro atoms. The van der Waals surface area contributed by atoms with Crippen molar-refractivity contribution in [1.82, 2.24) is 9.97 Å². The zero-order valence-electron chi connectivity index (χ0n) is 31.7. The largest absolute Gasteiger partial charge is 0.426 e. The summed E-state index contributed by atoms with van der Waals surface area (Å²) >= 11 is 0. The number of hydrogen-bond donors (Lipinski definition) is 0. The fraction of sp³-hybridized carbons (Fsp3) is 0.173. The Balaban J connectivity index is 1.24. The van der Waals surface area contributed by atoms with Gasteiger partial charge in [0.25, 0.3) is 0 Å². The summed E-state index contributed by atoms with van der Waals surface area (Å²) in [5, 5.41) is 2.22. The Hall–Kier alpha value is -6.39. The molecule has 10 rings (SSSR count). The Bertz CT molecular complexity index is 2780. The summed E-state index contributed by atoms with van der Waals surface area (Å²) in [7, 11) is 0. The molecule has 2 aliphatic rings. The number of nitrogens with zero attached hydrogens (tertiary/aromatic N) is 2. The van der Waals surface area contributed by atoms with Crippen LogP contribution in [-0.4, -0.2) is 15.9 Å². The van der Waals surface area contributed by atoms with E-state index in [1.165, 1.54) is 33.4 Å². The number of esters is 1. The summed E-state index contributed by atoms with van der Waals surface area (Å²) < 4.78 is 6.09. The number of aromatic nitrogens is 2. The summed E-state index contributed by atoms with van der Waals surface area (Å²) in [6.07, 6.45) is 2.11. The van der Waals surface area contributed by atoms with E-state index in [0.717, 1.165) is 45.2 Å². The van der Waals surface area contributed by atoms with Crippen molar-refractivity contribution in [1.29, 1.82) is 0 Å². The van der Waals surface area contributed by atoms with Crippen molar-refractivity contribution in [3.8, 4) is 28.3 Å². The van der Waals surface area contributed by atoms with Crippen molar-refractivity contribution in [3.05, 3.63) is 198 Å². The van der Waals surface area contributed by atoms with E-state index < -0.39 is 16.7 Å². The van der Waals surface area contributed by atoms with Gasteiger partial charge in [0.1, 0.15) is 5.75 Å². The normalized spacial score (nSPS) is 18.8. The number of benzene rings is 6. The standard InChI is InChI=1S/C52H42N2O2/c1-34(36-17-5-3-6-18-36)31-51(42-25-13-11-23-40(42)48-44(51)29-37-19-9-15-27-46(37)53-48)33-52(32-35(2)50(55)56-39-21-7-4-8-22-39)43-26-14-12-24-41(43)49-45(52)30-38-20-10-16-28-47(38)54-49/h3-30,34-35H,31-33H2,1-2H3/t34?,35?,51-,52+/m1/s1. The quantitative estimate of drug-likeness (QED) is 0.110. The highest BCUT2D eigenvalue weighted by molar-refractivity contribution is 5.91. The maximum absolute atomic E-state index is 14.3. The Morgan fingerprint density at radius 2 is 1.00 bits per heavy atom. The number of hydrogen-bond acceptors (Lipinski definition) is 4. The first-order chi connectivity index (χ1) is 27.4. The number of pyridine rings is 2. The average Bonchev–Trinajstić information content (AvgIpc) is 3.64. The molecular weight excluding hydrogens is 685 g/mol. The first kappa shape index (κ1) is 34.1. The molecule has 0 N–H and O–H groups in total. The second kappa shape index (κ2) is 13.4. The summed E-state index contributed by atoms with van der Waals surface area (Å²) in [5.41, 5.74) is 11.4. The average molecular weight is 727 g/mol. The molecule has 56 heavy (non-hydrogen) atoms. The van der Waals surface area contributed by atoms with E-state index in [9.17, 15) is 4.79 Å². The Morgan fingerprint density at radius 3 is 1.57 bits per heavy atom. The number of para-hydroxylation sites is 3. The maximum Gasteiger partial charge on any atom is 0.314 e. The van der Waals surface area contributed by atoms with Gasteiger partial charge < -0.3 is 4.74 Å². The predicted octanol–water partition coefficient (Wildman–Crippen LogP) is 12.2. The van der Waals surface area contributed by atoms with Gasteiger partial charge in [-0.1, -0.05) is 147 Å². The van der Waals surface area contributed by atoms with Crippen LogP contribution in [0.15, 0.2) is 170 Å². The molecule has 2 aromatic heterocycles. The van der Waals surface area contributed by atoms with E-state index >= 15 is 0 Å². The summed E-state index contributed by atoms with van der Waals surface area (Å²) in [5.74, 6) is 0.102. The van der Waals surface area contributed by atoms with Crippen molar-refractivity contribution >= 4 is 27.8 Å². The molecule has 8 aromatic rings. The van der Waals surface area contributed by atoms with Gasteiger partial charge in [0.05, 0.1) is 28.3 Å². The summed E-state index contributed by atoms with van der Waals surface area (Å²) in [6, 6.07) is 59.7. The fourth-order valence-corrected chi connectivity index (χ4v) is 10.1. The van der Waals surface area contributed by atoms with Crippen LogP contribution in [0.1, 0.15) is 66.8 Å². The zero-order valence-corrected chi connectivity index (χ0v) is 31.7. The molecule has 0 radical (unpaired) electrons. The predicted molar refractivity (Wildman–Crippen MR) is 226 cm³/mol. The lowest BCUT2D eigenvalue weighted by Gasteiger charge is -2.44. The van der Waals surface area contributed by atoms with E-state index in [1.807, 2.05) is 37.3 Å². The van der Waals surface area contributed by atoms with Gasteiger partial charge in [-0.15, -0.1) is 0 Å². The van der Waals surface area contributed by atoms with Gasteiger partial charge in [-0.3, -0.25) is 4.79 Å². The van der Waals surface area contributed by atoms with Crippen molar-refractivity contribution in [2.45, 2.75) is 49.9 Å². The monoisotopic (exact) mass is 726 g/mol. The smallest absolute Gasteiger partial charge is 0.314 e. The van der Waals surface area contributed by atoms with Crippen LogP contribution in [-0.2, 0) is 15.6 Å². The third kappa shape index (κ3) is 5.46. The minimum Gasteiger partial charge on any atom is -0.426 e. The highest BCUT2D eigenvalue weighted by Gasteiger charge is 2.55. The van der Waals surface area contributed by atoms with E-state index in [1.54, 1.807) is 0 Å². The first-order valence-electron chi connectivity index (χ1n) is 19.8. The summed E-state index contributed by atoms with van der Waals surface area (Å²) in [4.78, 5) is 25.1. The molecule has 4 atom stereocenters. The minimum atomic E-state index is -0.616. The SMILES string of the molecule is CC(C[C@]1(C[C@]2(CC(C)c3ccccc3)c3ccccc3-c3nc4ccccc4cc32)c2ccccc2-c2nc3ccccc3cc21)C(=O)Oc1ccccc1. The van der Waals surface area contributed by atoms with Crippen molar-refractivity contribution in [2.75, 3.05) is 0 Å². The van der Waals surface area contributed by atoms with Crippen LogP contribution in [0, 0.1) is 5.92 Å². The van der Waals surface area contributed by atoms with E-state index in [2.05, 4.69) is 146 Å². The van der Waals surface area contributed by atoms with Crippen LogP contribution in [0.3, 0.4) is 0 Å². The van der Waals surface area contributed by atoms with Gasteiger partial charge in [0.2, 0.25) is 0 Å². The molecular formula is C52H42N2O2. The number of carbonyl (C=O) groups is 1. The highest BCUT2D eigenvalue weighted by Crippen LogP contribution is 2.63. The van der Waals surface area contributed by atoms with Gasteiger partial charge in [-0.2, -0.15) is 0 Å². The van der Waals surface area contributed by atoms with E-state index in [-0.39, 0.29) is 11.9 Å². The molecule has 0 amide bonds. The lowest BCUT2D eigenvalue weighted by Crippen LogP contribution is -2.41. The van der Waals surface area contributed by atoms with Gasteiger partial charge in [0.15, 0.2) is 0 Å². The molecule has 4 heteroatoms. The molecule has 2 heterocycles. The molecule has 0 saturated heterocycles. The second-order valence-corrected chi connectivity index (χ2v) is 15.9. The minimum absolute atomic E-state index is 0.213. The Kier molecular flexibility index (Phi) is 8.18. The second-order valence-electron chi connectivity index (χ2n) is 15.9. The molecule has 6 aromatic carbocycles. The molecule has 0 bridgehead atoms. The molecule has 0 saturated carbocycles. The molecule has 0 aliphatic heterocycles. The lowest BCUT2D eigenvalue weighted by molar-refractivity contribution is -0.139. The zero-order chi connectivity index (χ0) is 37.9. The van der Waals surface area contributed by atoms with Crippen molar-refractivity contribution in [3.63, 3.8) is 0 Å². The number of ether oxygens (including phenoxy) is 1. The highest BCUT2D eigenvalue weighted by atomic mass is 16.5. The number of fused-ring (bicyclic) bond motifs is 8. The van der Waals surface area contributed by atoms with Gasteiger partial charge >= 0.3 is 5.97 Å². The molecule has 2 unspecified atom stereocenters. The Morgan fingerprint density at radius 1 is 0.536 bits per heavy atom. The van der Waals surface area contributed by atoms with Crippen LogP contribution in [0.5, 0.6) is 5.75 Å². The van der Waals surface area contributed by atoms with Gasteiger partial charge in [-0.25, -0.2) is 9.97 Å². The van der Waals surface area contributed by atoms with Crippen LogP contribution in [0.4, 0.5) is 0 Å². The van der Waals surface area contributed by atoms with Crippen molar-refractivity contribution < 1.29 is 9.53 Å². The van der Waals surface area contributed by atoms with Crippen LogP contribution in [0.2, 0.25) is 0 Å². The lowest BCUT2D eigenvalue weighted by atomic mass is 9.58. The van der Waals surface area contributed by atoms with E-state index in [4.69, 9.17) is 14.7 Å². The van der Waals surface area contributed by atoms with Gasteiger partial charge in [-0.05, 0) is 89.4 Å². The van der Waals surface area contributed by atoms with E-state index in [0.29, 0.717) is 18.6 Å². The van der Waals surface area contributed by atoms with Crippen LogP contribution >= 0.6 is 0 Å². The third-order valence-electron chi connectivity index (χ3n) is 12.5. The molecule has 0 fully saturated rings. The third-order valence-corrected chi connectivity index (χ3v) is 12.5. The summed E-state index contributed by atoms with van der Waals surface area (Å²) in [6.45, 7) is 4.40. The fourth-order valence-electron chi connectivity index (χ4n) is 10.1. The molecule has 272 valence electrons. The first-order valence-corrected chi connectivity index (χ1v) is 19.8.